The summed E-state index contributed by atoms with van der Waals surface area (Å²) >= 11 is 3.42. The van der Waals surface area contributed by atoms with Crippen LogP contribution in [0.15, 0.2) is 34.8 Å². The molecule has 3 aromatic rings. The number of carbonyl (C=O) groups excluding carboxylic acids is 1. The van der Waals surface area contributed by atoms with Crippen molar-refractivity contribution in [3.05, 3.63) is 57.6 Å². The first-order chi connectivity index (χ1) is 11.5. The first kappa shape index (κ1) is 16.6. The van der Waals surface area contributed by atoms with Gasteiger partial charge in [-0.05, 0) is 44.0 Å². The number of amides is 1. The number of hydrogen-bond acceptors (Lipinski definition) is 4. The molecule has 1 atom stereocenters. The van der Waals surface area contributed by atoms with Crippen LogP contribution in [0, 0.1) is 13.8 Å². The van der Waals surface area contributed by atoms with Gasteiger partial charge in [-0.1, -0.05) is 35.0 Å². The van der Waals surface area contributed by atoms with E-state index in [0.29, 0.717) is 5.78 Å². The van der Waals surface area contributed by atoms with Crippen LogP contribution < -0.4 is 5.32 Å². The van der Waals surface area contributed by atoms with Gasteiger partial charge < -0.3 is 5.32 Å². The van der Waals surface area contributed by atoms with Gasteiger partial charge in [0.25, 0.3) is 11.7 Å². The minimum absolute atomic E-state index is 0.0898. The summed E-state index contributed by atoms with van der Waals surface area (Å²) in [6.45, 7) is 5.83. The predicted octanol–water partition coefficient (Wildman–Crippen LogP) is 3.38. The highest BCUT2D eigenvalue weighted by Crippen LogP contribution is 2.19. The molecule has 1 N–H and O–H groups in total. The Labute approximate surface area is 148 Å². The van der Waals surface area contributed by atoms with Crippen molar-refractivity contribution < 1.29 is 4.79 Å². The van der Waals surface area contributed by atoms with Crippen molar-refractivity contribution in [1.82, 2.24) is 24.9 Å². The SMILES string of the molecule is CCC(NC(=O)c1nc2nc(C)cc(C)n2n1)c1ccc(Br)cc1. The number of aromatic nitrogens is 4. The molecule has 0 spiro atoms. The molecule has 0 bridgehead atoms. The maximum absolute atomic E-state index is 12.5. The molecule has 0 aliphatic heterocycles. The lowest BCUT2D eigenvalue weighted by Crippen LogP contribution is -2.29. The average Bonchev–Trinajstić information content (AvgIpc) is 2.98. The summed E-state index contributed by atoms with van der Waals surface area (Å²) < 4.78 is 2.59. The van der Waals surface area contributed by atoms with Gasteiger partial charge in [0.2, 0.25) is 5.82 Å². The lowest BCUT2D eigenvalue weighted by Gasteiger charge is -2.16. The fourth-order valence-electron chi connectivity index (χ4n) is 2.60. The minimum atomic E-state index is -0.299. The predicted molar refractivity (Wildman–Crippen MR) is 94.9 cm³/mol. The molecule has 0 aliphatic rings. The first-order valence-electron chi connectivity index (χ1n) is 7.75. The Bertz CT molecular complexity index is 888. The molecule has 0 aliphatic carbocycles. The first-order valence-corrected chi connectivity index (χ1v) is 8.54. The number of fused-ring (bicyclic) bond motifs is 1. The lowest BCUT2D eigenvalue weighted by atomic mass is 10.0. The van der Waals surface area contributed by atoms with E-state index in [4.69, 9.17) is 0 Å². The molecule has 0 saturated carbocycles. The fourth-order valence-corrected chi connectivity index (χ4v) is 2.87. The molecule has 2 heterocycles. The van der Waals surface area contributed by atoms with Crippen LogP contribution in [0.4, 0.5) is 0 Å². The Hall–Kier alpha value is -2.28. The van der Waals surface area contributed by atoms with Crippen LogP contribution in [0.5, 0.6) is 0 Å². The molecule has 0 fully saturated rings. The third-order valence-corrected chi connectivity index (χ3v) is 4.34. The number of benzene rings is 1. The quantitative estimate of drug-likeness (QED) is 0.744. The molecular weight excluding hydrogens is 370 g/mol. The van der Waals surface area contributed by atoms with Gasteiger partial charge in [0.1, 0.15) is 0 Å². The summed E-state index contributed by atoms with van der Waals surface area (Å²) in [5, 5.41) is 7.27. The Balaban J connectivity index is 1.85. The monoisotopic (exact) mass is 387 g/mol. The van der Waals surface area contributed by atoms with Gasteiger partial charge in [-0.25, -0.2) is 9.50 Å². The summed E-state index contributed by atoms with van der Waals surface area (Å²) in [5.74, 6) is 0.272. The van der Waals surface area contributed by atoms with Crippen LogP contribution in [0.1, 0.15) is 47.0 Å². The number of nitrogens with zero attached hydrogens (tertiary/aromatic N) is 4. The second-order valence-corrected chi connectivity index (χ2v) is 6.59. The van der Waals surface area contributed by atoms with Crippen molar-refractivity contribution in [3.63, 3.8) is 0 Å². The Morgan fingerprint density at radius 3 is 2.62 bits per heavy atom. The van der Waals surface area contributed by atoms with E-state index in [-0.39, 0.29) is 17.8 Å². The highest BCUT2D eigenvalue weighted by molar-refractivity contribution is 9.10. The van der Waals surface area contributed by atoms with Gasteiger partial charge in [-0.15, -0.1) is 5.10 Å². The van der Waals surface area contributed by atoms with Gasteiger partial charge in [-0.3, -0.25) is 4.79 Å². The van der Waals surface area contributed by atoms with Crippen LogP contribution in [-0.2, 0) is 0 Å². The van der Waals surface area contributed by atoms with E-state index in [1.54, 1.807) is 4.52 Å². The van der Waals surface area contributed by atoms with Gasteiger partial charge in [-0.2, -0.15) is 4.98 Å². The standard InChI is InChI=1S/C17H18BrN5O/c1-4-14(12-5-7-13(18)8-6-12)20-16(24)15-21-17-19-10(2)9-11(3)23(17)22-15/h5-9,14H,4H2,1-3H3,(H,20,24). The molecule has 1 amide bonds. The molecule has 124 valence electrons. The van der Waals surface area contributed by atoms with E-state index in [0.717, 1.165) is 27.8 Å². The molecule has 2 aromatic heterocycles. The van der Waals surface area contributed by atoms with Crippen molar-refractivity contribution in [2.24, 2.45) is 0 Å². The molecule has 0 saturated heterocycles. The van der Waals surface area contributed by atoms with E-state index in [1.165, 1.54) is 0 Å². The normalized spacial score (nSPS) is 12.3. The summed E-state index contributed by atoms with van der Waals surface area (Å²) in [6.07, 6.45) is 0.775. The lowest BCUT2D eigenvalue weighted by molar-refractivity contribution is 0.0925. The van der Waals surface area contributed by atoms with E-state index >= 15 is 0 Å². The molecule has 0 radical (unpaired) electrons. The molecule has 7 heteroatoms. The Morgan fingerprint density at radius 1 is 1.25 bits per heavy atom. The minimum Gasteiger partial charge on any atom is -0.342 e. The van der Waals surface area contributed by atoms with Gasteiger partial charge in [0.15, 0.2) is 0 Å². The third-order valence-electron chi connectivity index (χ3n) is 3.81. The third kappa shape index (κ3) is 3.31. The van der Waals surface area contributed by atoms with Crippen molar-refractivity contribution in [2.75, 3.05) is 0 Å². The second-order valence-electron chi connectivity index (χ2n) is 5.67. The topological polar surface area (TPSA) is 72.2 Å². The van der Waals surface area contributed by atoms with Crippen LogP contribution in [0.3, 0.4) is 0 Å². The zero-order chi connectivity index (χ0) is 17.3. The van der Waals surface area contributed by atoms with Crippen molar-refractivity contribution in [3.8, 4) is 0 Å². The van der Waals surface area contributed by atoms with Gasteiger partial charge in [0.05, 0.1) is 6.04 Å². The Kier molecular flexibility index (Phi) is 4.62. The molecular formula is C17H18BrN5O. The highest BCUT2D eigenvalue weighted by atomic mass is 79.9. The summed E-state index contributed by atoms with van der Waals surface area (Å²) in [4.78, 5) is 21.1. The summed E-state index contributed by atoms with van der Waals surface area (Å²) in [5.41, 5.74) is 2.78. The summed E-state index contributed by atoms with van der Waals surface area (Å²) in [7, 11) is 0. The van der Waals surface area contributed by atoms with Crippen LogP contribution in [0.25, 0.3) is 5.78 Å². The second kappa shape index (κ2) is 6.68. The van der Waals surface area contributed by atoms with Crippen molar-refractivity contribution in [2.45, 2.75) is 33.2 Å². The number of halogens is 1. The number of rotatable bonds is 4. The van der Waals surface area contributed by atoms with E-state index < -0.39 is 0 Å². The van der Waals surface area contributed by atoms with Gasteiger partial charge >= 0.3 is 0 Å². The number of nitrogens with one attached hydrogen (secondary N) is 1. The molecule has 1 unspecified atom stereocenters. The van der Waals surface area contributed by atoms with Crippen molar-refractivity contribution >= 4 is 27.6 Å². The largest absolute Gasteiger partial charge is 0.342 e. The maximum atomic E-state index is 12.5. The molecule has 1 aromatic carbocycles. The van der Waals surface area contributed by atoms with E-state index in [2.05, 4.69) is 36.3 Å². The molecule has 6 nitrogen and oxygen atoms in total. The zero-order valence-corrected chi connectivity index (χ0v) is 15.3. The Morgan fingerprint density at radius 2 is 1.96 bits per heavy atom. The smallest absolute Gasteiger partial charge is 0.291 e. The number of carbonyl (C=O) groups is 1. The van der Waals surface area contributed by atoms with Crippen LogP contribution in [0.2, 0.25) is 0 Å². The summed E-state index contributed by atoms with van der Waals surface area (Å²) in [6, 6.07) is 9.72. The number of aryl methyl sites for hydroxylation is 2. The van der Waals surface area contributed by atoms with Crippen LogP contribution >= 0.6 is 15.9 Å². The zero-order valence-electron chi connectivity index (χ0n) is 13.7. The highest BCUT2D eigenvalue weighted by Gasteiger charge is 2.19. The average molecular weight is 388 g/mol. The van der Waals surface area contributed by atoms with E-state index in [1.807, 2.05) is 51.1 Å². The van der Waals surface area contributed by atoms with Gasteiger partial charge in [0, 0.05) is 15.9 Å². The van der Waals surface area contributed by atoms with Crippen molar-refractivity contribution in [1.29, 1.82) is 0 Å². The fraction of sp³-hybridized carbons (Fsp3) is 0.294. The van der Waals surface area contributed by atoms with E-state index in [9.17, 15) is 4.79 Å². The molecule has 24 heavy (non-hydrogen) atoms. The van der Waals surface area contributed by atoms with Crippen LogP contribution in [-0.4, -0.2) is 25.5 Å². The maximum Gasteiger partial charge on any atom is 0.291 e. The number of hydrogen-bond donors (Lipinski definition) is 1. The molecule has 3 rings (SSSR count).